The molecule has 0 saturated carbocycles. The van der Waals surface area contributed by atoms with Crippen molar-refractivity contribution in [3.05, 3.63) is 24.4 Å². The van der Waals surface area contributed by atoms with E-state index in [-0.39, 0.29) is 12.1 Å². The fourth-order valence-electron chi connectivity index (χ4n) is 4.10. The maximum Gasteiger partial charge on any atom is 0.282 e. The molecule has 0 radical (unpaired) electrons. The first-order valence-corrected chi connectivity index (χ1v) is 10.1. The molecule has 4 rings (SSSR count). The lowest BCUT2D eigenvalue weighted by molar-refractivity contribution is 0.345. The first-order chi connectivity index (χ1) is 12.1. The molecule has 0 aromatic carbocycles. The topological polar surface area (TPSA) is 83.8 Å². The first-order valence-electron chi connectivity index (χ1n) is 8.69. The highest BCUT2D eigenvalue weighted by atomic mass is 32.2. The predicted molar refractivity (Wildman–Crippen MR) is 92.8 cm³/mol. The molecule has 8 nitrogen and oxygen atoms in total. The van der Waals surface area contributed by atoms with Crippen LogP contribution >= 0.6 is 0 Å². The molecular weight excluding hydrogens is 340 g/mol. The van der Waals surface area contributed by atoms with Gasteiger partial charge in [-0.15, -0.1) is 0 Å². The molecule has 1 aromatic rings. The second kappa shape index (κ2) is 6.44. The van der Waals surface area contributed by atoms with Crippen molar-refractivity contribution in [2.45, 2.75) is 24.9 Å². The predicted octanol–water partition coefficient (Wildman–Crippen LogP) is 0.0781. The van der Waals surface area contributed by atoms with Gasteiger partial charge in [0.05, 0.1) is 0 Å². The number of likely N-dealkylation sites (tertiary alicyclic amines) is 1. The number of aromatic nitrogens is 1. The summed E-state index contributed by atoms with van der Waals surface area (Å²) in [6.07, 6.45) is 5.43. The molecule has 0 spiro atoms. The molecule has 3 aliphatic rings. The van der Waals surface area contributed by atoms with Crippen molar-refractivity contribution < 1.29 is 8.42 Å². The highest BCUT2D eigenvalue weighted by molar-refractivity contribution is 7.87. The summed E-state index contributed by atoms with van der Waals surface area (Å²) in [5, 5.41) is 9.00. The quantitative estimate of drug-likeness (QED) is 0.708. The van der Waals surface area contributed by atoms with Gasteiger partial charge >= 0.3 is 0 Å². The Kier molecular flexibility index (Phi) is 4.27. The van der Waals surface area contributed by atoms with Gasteiger partial charge in [0, 0.05) is 57.5 Å². The monoisotopic (exact) mass is 362 g/mol. The molecule has 3 fully saturated rings. The number of nitrogens with zero attached hydrogens (tertiary/aromatic N) is 6. The first kappa shape index (κ1) is 16.6. The zero-order valence-electron chi connectivity index (χ0n) is 14.0. The minimum Gasteiger partial charge on any atom is -0.355 e. The van der Waals surface area contributed by atoms with E-state index in [1.165, 1.54) is 0 Å². The van der Waals surface area contributed by atoms with Crippen LogP contribution in [0.5, 0.6) is 0 Å². The average Bonchev–Trinajstić information content (AvgIpc) is 3.33. The van der Waals surface area contributed by atoms with Gasteiger partial charge in [-0.05, 0) is 25.0 Å². The van der Waals surface area contributed by atoms with E-state index in [1.54, 1.807) is 19.7 Å². The largest absolute Gasteiger partial charge is 0.355 e. The molecule has 0 aliphatic carbocycles. The molecule has 4 heterocycles. The third kappa shape index (κ3) is 2.94. The SMILES string of the molecule is N#CN1CC[C@@H](N2CCN(C3CCN(c4ccccn4)C3)S2(=O)=O)C1. The maximum atomic E-state index is 13.0. The Morgan fingerprint density at radius 2 is 1.76 bits per heavy atom. The number of nitriles is 1. The Morgan fingerprint density at radius 3 is 2.40 bits per heavy atom. The van der Waals surface area contributed by atoms with Gasteiger partial charge in [-0.1, -0.05) is 6.07 Å². The minimum absolute atomic E-state index is 0.00882. The van der Waals surface area contributed by atoms with Crippen LogP contribution in [0, 0.1) is 11.5 Å². The van der Waals surface area contributed by atoms with Gasteiger partial charge in [-0.2, -0.15) is 22.3 Å². The normalized spacial score (nSPS) is 30.0. The molecule has 0 amide bonds. The van der Waals surface area contributed by atoms with Gasteiger partial charge < -0.3 is 9.80 Å². The zero-order valence-corrected chi connectivity index (χ0v) is 14.8. The molecule has 3 aliphatic heterocycles. The van der Waals surface area contributed by atoms with Gasteiger partial charge in [0.25, 0.3) is 10.2 Å². The number of hydrogen-bond donors (Lipinski definition) is 0. The summed E-state index contributed by atoms with van der Waals surface area (Å²) >= 11 is 0. The van der Waals surface area contributed by atoms with Crippen LogP contribution in [-0.2, 0) is 10.2 Å². The molecule has 0 bridgehead atoms. The van der Waals surface area contributed by atoms with Crippen molar-refractivity contribution >= 4 is 16.0 Å². The fraction of sp³-hybridized carbons (Fsp3) is 0.625. The number of rotatable bonds is 3. The zero-order chi connectivity index (χ0) is 17.4. The van der Waals surface area contributed by atoms with Gasteiger partial charge in [0.2, 0.25) is 0 Å². The lowest BCUT2D eigenvalue weighted by atomic mass is 10.2. The maximum absolute atomic E-state index is 13.0. The van der Waals surface area contributed by atoms with Crippen LogP contribution in [0.15, 0.2) is 24.4 Å². The van der Waals surface area contributed by atoms with Crippen LogP contribution in [0.25, 0.3) is 0 Å². The van der Waals surface area contributed by atoms with Gasteiger partial charge in [-0.3, -0.25) is 0 Å². The van der Waals surface area contributed by atoms with Crippen molar-refractivity contribution in [2.75, 3.05) is 44.2 Å². The lowest BCUT2D eigenvalue weighted by Crippen LogP contribution is -2.45. The van der Waals surface area contributed by atoms with E-state index in [2.05, 4.69) is 16.1 Å². The Balaban J connectivity index is 1.45. The summed E-state index contributed by atoms with van der Waals surface area (Å²) in [7, 11) is -3.45. The van der Waals surface area contributed by atoms with Crippen LogP contribution in [0.4, 0.5) is 5.82 Å². The molecule has 3 saturated heterocycles. The van der Waals surface area contributed by atoms with Crippen molar-refractivity contribution in [1.29, 1.82) is 5.26 Å². The van der Waals surface area contributed by atoms with Crippen molar-refractivity contribution in [2.24, 2.45) is 0 Å². The number of pyridine rings is 1. The third-order valence-electron chi connectivity index (χ3n) is 5.39. The molecule has 0 N–H and O–H groups in total. The van der Waals surface area contributed by atoms with E-state index in [9.17, 15) is 8.42 Å². The van der Waals surface area contributed by atoms with Gasteiger partial charge in [-0.25, -0.2) is 4.98 Å². The van der Waals surface area contributed by atoms with Crippen molar-refractivity contribution in [1.82, 2.24) is 18.5 Å². The van der Waals surface area contributed by atoms with Crippen LogP contribution < -0.4 is 4.90 Å². The van der Waals surface area contributed by atoms with Crippen molar-refractivity contribution in [3.8, 4) is 6.19 Å². The second-order valence-electron chi connectivity index (χ2n) is 6.79. The summed E-state index contributed by atoms with van der Waals surface area (Å²) in [6.45, 7) is 3.70. The van der Waals surface area contributed by atoms with E-state index < -0.39 is 10.2 Å². The molecule has 2 atom stereocenters. The Bertz CT molecular complexity index is 765. The highest BCUT2D eigenvalue weighted by Crippen LogP contribution is 2.30. The van der Waals surface area contributed by atoms with E-state index in [0.717, 1.165) is 25.2 Å². The Labute approximate surface area is 148 Å². The highest BCUT2D eigenvalue weighted by Gasteiger charge is 2.46. The molecule has 1 aromatic heterocycles. The standard InChI is InChI=1S/C16H22N6O2S/c17-13-19-7-4-14(11-19)21-9-10-22(25(21,23)24)15-5-8-20(12-15)16-3-1-2-6-18-16/h1-3,6,14-15H,4-5,7-12H2/t14-,15?/m1/s1. The van der Waals surface area contributed by atoms with E-state index >= 15 is 0 Å². The second-order valence-corrected chi connectivity index (χ2v) is 8.63. The number of anilines is 1. The van der Waals surface area contributed by atoms with E-state index in [0.29, 0.717) is 32.7 Å². The summed E-state index contributed by atoms with van der Waals surface area (Å²) in [5.74, 6) is 0.902. The van der Waals surface area contributed by atoms with Gasteiger partial charge in [0.1, 0.15) is 5.82 Å². The summed E-state index contributed by atoms with van der Waals surface area (Å²) < 4.78 is 29.3. The lowest BCUT2D eigenvalue weighted by Gasteiger charge is -2.26. The average molecular weight is 362 g/mol. The Hall–Kier alpha value is -1.89. The summed E-state index contributed by atoms with van der Waals surface area (Å²) in [6, 6.07) is 5.70. The fourth-order valence-corrected chi connectivity index (χ4v) is 6.09. The van der Waals surface area contributed by atoms with E-state index in [1.807, 2.05) is 18.2 Å². The van der Waals surface area contributed by atoms with Crippen LogP contribution in [-0.4, -0.2) is 78.3 Å². The smallest absolute Gasteiger partial charge is 0.282 e. The molecular formula is C16H22N6O2S. The minimum atomic E-state index is -3.45. The molecule has 1 unspecified atom stereocenters. The Morgan fingerprint density at radius 1 is 1.04 bits per heavy atom. The molecule has 25 heavy (non-hydrogen) atoms. The summed E-state index contributed by atoms with van der Waals surface area (Å²) in [4.78, 5) is 8.15. The molecule has 9 heteroatoms. The van der Waals surface area contributed by atoms with Crippen LogP contribution in [0.3, 0.4) is 0 Å². The van der Waals surface area contributed by atoms with Gasteiger partial charge in [0.15, 0.2) is 6.19 Å². The van der Waals surface area contributed by atoms with E-state index in [4.69, 9.17) is 5.26 Å². The molecule has 134 valence electrons. The van der Waals surface area contributed by atoms with Crippen LogP contribution in [0.1, 0.15) is 12.8 Å². The number of hydrogen-bond acceptors (Lipinski definition) is 6. The van der Waals surface area contributed by atoms with Crippen molar-refractivity contribution in [3.63, 3.8) is 0 Å². The third-order valence-corrected chi connectivity index (χ3v) is 7.54. The van der Waals surface area contributed by atoms with Crippen LogP contribution in [0.2, 0.25) is 0 Å². The summed E-state index contributed by atoms with van der Waals surface area (Å²) in [5.41, 5.74) is 0.